The van der Waals surface area contributed by atoms with Crippen molar-refractivity contribution in [1.29, 1.82) is 0 Å². The fourth-order valence-electron chi connectivity index (χ4n) is 9.55. The van der Waals surface area contributed by atoms with Gasteiger partial charge in [-0.15, -0.1) is 0 Å². The van der Waals surface area contributed by atoms with Crippen molar-refractivity contribution >= 4 is 60.5 Å². The van der Waals surface area contributed by atoms with Gasteiger partial charge in [-0.25, -0.2) is 0 Å². The van der Waals surface area contributed by atoms with E-state index in [1.54, 1.807) is 0 Å². The Morgan fingerprint density at radius 1 is 0.250 bits per heavy atom. The number of hydrogen-bond donors (Lipinski definition) is 0. The maximum atomic E-state index is 6.52. The Labute approximate surface area is 372 Å². The van der Waals surface area contributed by atoms with Gasteiger partial charge in [0, 0.05) is 33.4 Å². The minimum atomic E-state index is 0.889. The first-order chi connectivity index (χ1) is 31.7. The molecule has 12 aromatic rings. The zero-order chi connectivity index (χ0) is 42.4. The van der Waals surface area contributed by atoms with Crippen molar-refractivity contribution in [3.63, 3.8) is 0 Å². The highest BCUT2D eigenvalue weighted by Gasteiger charge is 2.18. The van der Waals surface area contributed by atoms with E-state index in [2.05, 4.69) is 248 Å². The molecule has 0 fully saturated rings. The number of rotatable bonds is 8. The van der Waals surface area contributed by atoms with Crippen LogP contribution < -0.4 is 4.90 Å². The van der Waals surface area contributed by atoms with Crippen LogP contribution in [-0.4, -0.2) is 0 Å². The lowest BCUT2D eigenvalue weighted by molar-refractivity contribution is 0.670. The molecule has 0 bridgehead atoms. The number of furan rings is 1. The molecule has 0 atom stereocenters. The minimum absolute atomic E-state index is 0.889. The third kappa shape index (κ3) is 6.61. The maximum Gasteiger partial charge on any atom is 0.143 e. The van der Waals surface area contributed by atoms with E-state index in [-0.39, 0.29) is 0 Å². The highest BCUT2D eigenvalue weighted by molar-refractivity contribution is 6.11. The van der Waals surface area contributed by atoms with Crippen molar-refractivity contribution in [2.24, 2.45) is 0 Å². The monoisotopic (exact) mass is 815 g/mol. The molecule has 0 unspecified atom stereocenters. The number of benzene rings is 11. The quantitative estimate of drug-likeness (QED) is 0.142. The van der Waals surface area contributed by atoms with Gasteiger partial charge in [-0.05, 0) is 120 Å². The zero-order valence-corrected chi connectivity index (χ0v) is 35.0. The standard InChI is InChI=1S/C62H41NO/c1-3-14-43(15-4-1)52-19-9-11-22-56(52)57-23-12-10-20-53(57)46-30-36-50(37-31-46)63(51-38-32-47-27-26-45-18-7-8-21-54(45)59(47)41-51)49-34-28-42(29-35-49)48-33-39-61-60(40-48)58-25-13-24-55(62(58)64-61)44-16-5-2-6-17-44/h1-41H. The van der Waals surface area contributed by atoms with Gasteiger partial charge in [-0.3, -0.25) is 0 Å². The van der Waals surface area contributed by atoms with Gasteiger partial charge in [0.2, 0.25) is 0 Å². The van der Waals surface area contributed by atoms with Gasteiger partial charge in [-0.1, -0.05) is 200 Å². The minimum Gasteiger partial charge on any atom is -0.455 e. The van der Waals surface area contributed by atoms with Gasteiger partial charge in [-0.2, -0.15) is 0 Å². The van der Waals surface area contributed by atoms with Crippen LogP contribution in [0.2, 0.25) is 0 Å². The van der Waals surface area contributed by atoms with Gasteiger partial charge in [0.25, 0.3) is 0 Å². The van der Waals surface area contributed by atoms with Crippen LogP contribution in [0.15, 0.2) is 253 Å². The largest absolute Gasteiger partial charge is 0.455 e. The molecule has 0 saturated heterocycles. The van der Waals surface area contributed by atoms with Crippen LogP contribution >= 0.6 is 0 Å². The second-order valence-corrected chi connectivity index (χ2v) is 16.4. The summed E-state index contributed by atoms with van der Waals surface area (Å²) in [6.45, 7) is 0. The molecule has 64 heavy (non-hydrogen) atoms. The molecule has 0 spiro atoms. The fourth-order valence-corrected chi connectivity index (χ4v) is 9.55. The fraction of sp³-hybridized carbons (Fsp3) is 0. The van der Waals surface area contributed by atoms with E-state index in [1.165, 1.54) is 54.9 Å². The summed E-state index contributed by atoms with van der Waals surface area (Å²) < 4.78 is 6.52. The van der Waals surface area contributed by atoms with Crippen molar-refractivity contribution in [2.45, 2.75) is 0 Å². The van der Waals surface area contributed by atoms with Gasteiger partial charge < -0.3 is 9.32 Å². The molecule has 1 aromatic heterocycles. The SMILES string of the molecule is c1ccc(-c2ccccc2-c2ccccc2-c2ccc(N(c3ccc(-c4ccc5oc6c(-c7ccccc7)cccc6c5c4)cc3)c3ccc4ccc5ccccc5c4c3)cc2)cc1. The predicted molar refractivity (Wildman–Crippen MR) is 271 cm³/mol. The Bertz CT molecular complexity index is 3640. The third-order valence-corrected chi connectivity index (χ3v) is 12.7. The van der Waals surface area contributed by atoms with Crippen LogP contribution in [0.1, 0.15) is 0 Å². The summed E-state index contributed by atoms with van der Waals surface area (Å²) in [5.41, 5.74) is 16.8. The van der Waals surface area contributed by atoms with Crippen LogP contribution in [0.25, 0.3) is 99.1 Å². The number of para-hydroxylation sites is 1. The smallest absolute Gasteiger partial charge is 0.143 e. The second-order valence-electron chi connectivity index (χ2n) is 16.4. The number of anilines is 3. The van der Waals surface area contributed by atoms with Gasteiger partial charge in [0.1, 0.15) is 11.2 Å². The molecule has 0 aliphatic rings. The molecule has 0 amide bonds. The summed E-state index contributed by atoms with van der Waals surface area (Å²) in [7, 11) is 0. The Balaban J connectivity index is 0.946. The van der Waals surface area contributed by atoms with Gasteiger partial charge in [0.15, 0.2) is 0 Å². The molecule has 0 N–H and O–H groups in total. The van der Waals surface area contributed by atoms with Crippen molar-refractivity contribution in [1.82, 2.24) is 0 Å². The van der Waals surface area contributed by atoms with Crippen LogP contribution in [-0.2, 0) is 0 Å². The van der Waals surface area contributed by atoms with Crippen molar-refractivity contribution in [3.8, 4) is 55.6 Å². The number of hydrogen-bond acceptors (Lipinski definition) is 2. The molecule has 2 heteroatoms. The van der Waals surface area contributed by atoms with Crippen molar-refractivity contribution < 1.29 is 4.42 Å². The average Bonchev–Trinajstić information content (AvgIpc) is 3.76. The molecule has 1 heterocycles. The van der Waals surface area contributed by atoms with Crippen molar-refractivity contribution in [3.05, 3.63) is 249 Å². The number of nitrogens with zero attached hydrogens (tertiary/aromatic N) is 1. The van der Waals surface area contributed by atoms with E-state index in [1.807, 2.05) is 6.07 Å². The Morgan fingerprint density at radius 2 is 0.719 bits per heavy atom. The van der Waals surface area contributed by atoms with E-state index in [9.17, 15) is 0 Å². The van der Waals surface area contributed by atoms with Crippen LogP contribution in [0.4, 0.5) is 17.1 Å². The summed E-state index contributed by atoms with van der Waals surface area (Å²) in [6, 6.07) is 89.6. The molecule has 0 aliphatic carbocycles. The molecule has 12 rings (SSSR count). The average molecular weight is 816 g/mol. The summed E-state index contributed by atoms with van der Waals surface area (Å²) in [4.78, 5) is 2.38. The normalized spacial score (nSPS) is 11.4. The molecular formula is C62H41NO. The van der Waals surface area contributed by atoms with Crippen LogP contribution in [0, 0.1) is 0 Å². The summed E-state index contributed by atoms with van der Waals surface area (Å²) in [5.74, 6) is 0. The topological polar surface area (TPSA) is 16.4 Å². The first-order valence-corrected chi connectivity index (χ1v) is 21.9. The third-order valence-electron chi connectivity index (χ3n) is 12.7. The number of fused-ring (bicyclic) bond motifs is 6. The molecular weight excluding hydrogens is 775 g/mol. The lowest BCUT2D eigenvalue weighted by atomic mass is 9.89. The first kappa shape index (κ1) is 37.3. The van der Waals surface area contributed by atoms with E-state index >= 15 is 0 Å². The highest BCUT2D eigenvalue weighted by Crippen LogP contribution is 2.43. The zero-order valence-electron chi connectivity index (χ0n) is 35.0. The molecule has 0 radical (unpaired) electrons. The Hall–Kier alpha value is -8.46. The van der Waals surface area contributed by atoms with Crippen LogP contribution in [0.5, 0.6) is 0 Å². The molecule has 0 saturated carbocycles. The highest BCUT2D eigenvalue weighted by atomic mass is 16.3. The van der Waals surface area contributed by atoms with Crippen molar-refractivity contribution in [2.75, 3.05) is 4.90 Å². The molecule has 2 nitrogen and oxygen atoms in total. The van der Waals surface area contributed by atoms with E-state index in [0.29, 0.717) is 0 Å². The van der Waals surface area contributed by atoms with Gasteiger partial charge >= 0.3 is 0 Å². The maximum absolute atomic E-state index is 6.52. The Kier molecular flexibility index (Phi) is 9.20. The first-order valence-electron chi connectivity index (χ1n) is 21.9. The van der Waals surface area contributed by atoms with E-state index < -0.39 is 0 Å². The second kappa shape index (κ2) is 15.8. The molecule has 300 valence electrons. The van der Waals surface area contributed by atoms with Crippen LogP contribution in [0.3, 0.4) is 0 Å². The predicted octanol–water partition coefficient (Wildman–Crippen LogP) is 17.7. The summed E-state index contributed by atoms with van der Waals surface area (Å²) in [6.07, 6.45) is 0. The summed E-state index contributed by atoms with van der Waals surface area (Å²) in [5, 5.41) is 7.17. The van der Waals surface area contributed by atoms with E-state index in [0.717, 1.165) is 61.3 Å². The molecule has 0 aliphatic heterocycles. The Morgan fingerprint density at radius 3 is 1.39 bits per heavy atom. The van der Waals surface area contributed by atoms with E-state index in [4.69, 9.17) is 4.42 Å². The summed E-state index contributed by atoms with van der Waals surface area (Å²) >= 11 is 0. The lowest BCUT2D eigenvalue weighted by Gasteiger charge is -2.26. The van der Waals surface area contributed by atoms with Gasteiger partial charge in [0.05, 0.1) is 0 Å². The molecule has 11 aromatic carbocycles. The lowest BCUT2D eigenvalue weighted by Crippen LogP contribution is -2.10.